The van der Waals surface area contributed by atoms with Gasteiger partial charge in [0.05, 0.1) is 9.04 Å². The zero-order valence-corrected chi connectivity index (χ0v) is 16.7. The van der Waals surface area contributed by atoms with Crippen LogP contribution in [-0.2, 0) is 0 Å². The van der Waals surface area contributed by atoms with Gasteiger partial charge in [0.1, 0.15) is 7.59 Å². The van der Waals surface area contributed by atoms with E-state index in [1.807, 2.05) is 0 Å². The van der Waals surface area contributed by atoms with E-state index in [0.29, 0.717) is 0 Å². The van der Waals surface area contributed by atoms with E-state index >= 15 is 0 Å². The van der Waals surface area contributed by atoms with Gasteiger partial charge in [0.2, 0.25) is 0 Å². The molecule has 3 aromatic carbocycles. The first kappa shape index (κ1) is 16.9. The van der Waals surface area contributed by atoms with Gasteiger partial charge in [0, 0.05) is 0 Å². The van der Waals surface area contributed by atoms with E-state index in [9.17, 15) is 0 Å². The maximum absolute atomic E-state index is 2.38. The Labute approximate surface area is 149 Å². The molecule has 0 atom stereocenters. The largest absolute Gasteiger partial charge is 0.134 e. The molecule has 3 rings (SSSR count). The molecule has 0 saturated heterocycles. The molecule has 0 aliphatic rings. The fraction of sp³-hybridized carbons (Fsp3) is 0.182. The van der Waals surface area contributed by atoms with Gasteiger partial charge in [-0.05, 0) is 5.04 Å². The average Bonchev–Trinajstić information content (AvgIpc) is 2.61. The Balaban J connectivity index is 2.33. The Morgan fingerprint density at radius 1 is 0.542 bits per heavy atom. The summed E-state index contributed by atoms with van der Waals surface area (Å²) in [6.45, 7) is 7.13. The van der Waals surface area contributed by atoms with Crippen molar-refractivity contribution in [1.82, 2.24) is 0 Å². The Kier molecular flexibility index (Phi) is 4.88. The summed E-state index contributed by atoms with van der Waals surface area (Å²) in [5.41, 5.74) is 0. The Morgan fingerprint density at radius 2 is 0.833 bits per heavy atom. The second-order valence-corrected chi connectivity index (χ2v) is 15.2. The molecular formula is C22H24Si2. The second kappa shape index (κ2) is 6.92. The summed E-state index contributed by atoms with van der Waals surface area (Å²) in [7, 11) is -1.16. The summed E-state index contributed by atoms with van der Waals surface area (Å²) >= 11 is 0. The summed E-state index contributed by atoms with van der Waals surface area (Å²) in [5, 5.41) is 4.82. The molecule has 0 N–H and O–H groups in total. The van der Waals surface area contributed by atoms with E-state index < -0.39 is 7.59 Å². The van der Waals surface area contributed by atoms with Crippen molar-refractivity contribution in [3.05, 3.63) is 91.0 Å². The summed E-state index contributed by atoms with van der Waals surface area (Å²) in [5.74, 6) is 0. The fourth-order valence-corrected chi connectivity index (χ4v) is 14.2. The van der Waals surface area contributed by atoms with Crippen molar-refractivity contribution in [2.45, 2.75) is 25.8 Å². The van der Waals surface area contributed by atoms with E-state index in [2.05, 4.69) is 112 Å². The fourth-order valence-electron chi connectivity index (χ4n) is 3.34. The molecule has 0 aromatic heterocycles. The predicted molar refractivity (Wildman–Crippen MR) is 109 cm³/mol. The topological polar surface area (TPSA) is 0 Å². The van der Waals surface area contributed by atoms with Crippen LogP contribution < -0.4 is 15.6 Å². The third-order valence-corrected chi connectivity index (χ3v) is 14.9. The van der Waals surface area contributed by atoms with Gasteiger partial charge in [-0.25, -0.2) is 0 Å². The highest BCUT2D eigenvalue weighted by atomic mass is 29.2. The highest BCUT2D eigenvalue weighted by Gasteiger charge is 2.42. The SMILES string of the molecule is CC(C)(C)[Si][Si](c1ccccc1)(c1ccccc1)c1ccccc1. The van der Waals surface area contributed by atoms with Crippen LogP contribution in [0.2, 0.25) is 5.04 Å². The lowest BCUT2D eigenvalue weighted by molar-refractivity contribution is 0.762. The zero-order chi connectivity index (χ0) is 17.0. The molecule has 0 bridgehead atoms. The van der Waals surface area contributed by atoms with E-state index in [-0.39, 0.29) is 5.04 Å². The van der Waals surface area contributed by atoms with E-state index in [4.69, 9.17) is 0 Å². The predicted octanol–water partition coefficient (Wildman–Crippen LogP) is 3.58. The van der Waals surface area contributed by atoms with E-state index in [1.165, 1.54) is 15.6 Å². The smallest absolute Gasteiger partial charge is 0.0633 e. The monoisotopic (exact) mass is 344 g/mol. The lowest BCUT2D eigenvalue weighted by Crippen LogP contribution is -2.72. The van der Waals surface area contributed by atoms with Crippen LogP contribution in [-0.4, -0.2) is 16.6 Å². The lowest BCUT2D eigenvalue weighted by atomic mass is 10.3. The normalized spacial score (nSPS) is 12.1. The van der Waals surface area contributed by atoms with Gasteiger partial charge in [-0.3, -0.25) is 0 Å². The highest BCUT2D eigenvalue weighted by Crippen LogP contribution is 2.25. The van der Waals surface area contributed by atoms with Gasteiger partial charge in [0.25, 0.3) is 0 Å². The summed E-state index contributed by atoms with van der Waals surface area (Å²) in [4.78, 5) is 0. The van der Waals surface area contributed by atoms with Crippen LogP contribution in [0.25, 0.3) is 0 Å². The van der Waals surface area contributed by atoms with Gasteiger partial charge in [-0.15, -0.1) is 0 Å². The van der Waals surface area contributed by atoms with Crippen molar-refractivity contribution in [3.63, 3.8) is 0 Å². The van der Waals surface area contributed by atoms with Crippen LogP contribution in [0.1, 0.15) is 20.8 Å². The molecule has 3 aromatic rings. The molecule has 2 heteroatoms. The number of hydrogen-bond donors (Lipinski definition) is 0. The van der Waals surface area contributed by atoms with Crippen LogP contribution in [0.4, 0.5) is 0 Å². The minimum absolute atomic E-state index is 0.285. The highest BCUT2D eigenvalue weighted by molar-refractivity contribution is 7.44. The van der Waals surface area contributed by atoms with Crippen molar-refractivity contribution in [1.29, 1.82) is 0 Å². The van der Waals surface area contributed by atoms with Crippen molar-refractivity contribution < 1.29 is 0 Å². The zero-order valence-electron chi connectivity index (χ0n) is 14.7. The molecule has 0 aliphatic carbocycles. The average molecular weight is 345 g/mol. The van der Waals surface area contributed by atoms with Gasteiger partial charge in [-0.2, -0.15) is 0 Å². The standard InChI is InChI=1S/C22H24Si2/c1-22(2,3)23-24(19-13-7-4-8-14-19,20-15-9-5-10-16-20)21-17-11-6-12-18-21/h4-18H,1-3H3. The molecule has 120 valence electrons. The first-order valence-corrected chi connectivity index (χ1v) is 12.5. The molecule has 0 nitrogen and oxygen atoms in total. The number of hydrogen-bond acceptors (Lipinski definition) is 0. The summed E-state index contributed by atoms with van der Waals surface area (Å²) in [6.07, 6.45) is 0. The van der Waals surface area contributed by atoms with Gasteiger partial charge < -0.3 is 0 Å². The number of benzene rings is 3. The van der Waals surface area contributed by atoms with Crippen LogP contribution in [0.5, 0.6) is 0 Å². The minimum Gasteiger partial charge on any atom is -0.0633 e. The molecule has 0 fully saturated rings. The van der Waals surface area contributed by atoms with Gasteiger partial charge in [0.15, 0.2) is 0 Å². The Morgan fingerprint density at radius 3 is 1.08 bits per heavy atom. The molecule has 2 radical (unpaired) electrons. The summed E-state index contributed by atoms with van der Waals surface area (Å²) in [6, 6.07) is 33.5. The summed E-state index contributed by atoms with van der Waals surface area (Å²) < 4.78 is 0. The molecule has 0 heterocycles. The number of rotatable bonds is 4. The van der Waals surface area contributed by atoms with Crippen molar-refractivity contribution >= 4 is 32.2 Å². The Hall–Kier alpha value is -1.91. The van der Waals surface area contributed by atoms with Crippen molar-refractivity contribution in [2.24, 2.45) is 0 Å². The molecule has 0 amide bonds. The maximum atomic E-state index is 2.38. The molecule has 24 heavy (non-hydrogen) atoms. The molecule has 0 aliphatic heterocycles. The third kappa shape index (κ3) is 3.45. The van der Waals surface area contributed by atoms with Crippen molar-refractivity contribution in [2.75, 3.05) is 0 Å². The van der Waals surface area contributed by atoms with E-state index in [0.717, 1.165) is 9.04 Å². The molecule has 0 saturated carbocycles. The van der Waals surface area contributed by atoms with Crippen LogP contribution in [0, 0.1) is 0 Å². The van der Waals surface area contributed by atoms with Gasteiger partial charge in [-0.1, -0.05) is 127 Å². The minimum atomic E-state index is -2.03. The molecule has 0 spiro atoms. The second-order valence-electron chi connectivity index (χ2n) is 7.22. The first-order valence-electron chi connectivity index (χ1n) is 8.48. The van der Waals surface area contributed by atoms with Crippen LogP contribution in [0.15, 0.2) is 91.0 Å². The maximum Gasteiger partial charge on any atom is 0.134 e. The van der Waals surface area contributed by atoms with E-state index in [1.54, 1.807) is 0 Å². The van der Waals surface area contributed by atoms with Crippen molar-refractivity contribution in [3.8, 4) is 0 Å². The van der Waals surface area contributed by atoms with Gasteiger partial charge >= 0.3 is 0 Å². The quantitative estimate of drug-likeness (QED) is 0.501. The lowest BCUT2D eigenvalue weighted by Gasteiger charge is -2.38. The molecular weight excluding hydrogens is 320 g/mol. The molecule has 0 unspecified atom stereocenters. The van der Waals surface area contributed by atoms with Crippen LogP contribution in [0.3, 0.4) is 0 Å². The van der Waals surface area contributed by atoms with Crippen LogP contribution >= 0.6 is 0 Å². The first-order chi connectivity index (χ1) is 11.5. The third-order valence-electron chi connectivity index (χ3n) is 4.18. The Bertz CT molecular complexity index is 663.